The molecule has 0 saturated carbocycles. The number of aromatic nitrogens is 1. The number of nitrogens with zero attached hydrogens (tertiary/aromatic N) is 1. The van der Waals surface area contributed by atoms with Gasteiger partial charge in [0.1, 0.15) is 5.01 Å². The summed E-state index contributed by atoms with van der Waals surface area (Å²) in [6.45, 7) is 2.84. The Balaban J connectivity index is 2.11. The van der Waals surface area contributed by atoms with Crippen LogP contribution in [0.15, 0.2) is 5.38 Å². The van der Waals surface area contributed by atoms with E-state index in [0.29, 0.717) is 13.0 Å². The monoisotopic (exact) mass is 242 g/mol. The predicted molar refractivity (Wildman–Crippen MR) is 64.5 cm³/mol. The molecule has 0 aliphatic carbocycles. The van der Waals surface area contributed by atoms with Gasteiger partial charge in [-0.25, -0.2) is 4.98 Å². The highest BCUT2D eigenvalue weighted by Gasteiger charge is 2.05. The number of aliphatic hydroxyl groups is 1. The number of thiazole rings is 1. The number of aliphatic hydroxyl groups excluding tert-OH is 1. The van der Waals surface area contributed by atoms with Crippen molar-refractivity contribution in [3.63, 3.8) is 0 Å². The smallest absolute Gasteiger partial charge is 0.226 e. The lowest BCUT2D eigenvalue weighted by atomic mass is 10.2. The molecule has 0 aromatic carbocycles. The predicted octanol–water partition coefficient (Wildman–Crippen LogP) is 1.27. The fourth-order valence-corrected chi connectivity index (χ4v) is 2.10. The van der Waals surface area contributed by atoms with Gasteiger partial charge in [0.15, 0.2) is 0 Å². The first kappa shape index (κ1) is 13.1. The van der Waals surface area contributed by atoms with E-state index in [4.69, 9.17) is 5.11 Å². The van der Waals surface area contributed by atoms with Gasteiger partial charge >= 0.3 is 0 Å². The first-order valence-corrected chi connectivity index (χ1v) is 6.39. The number of aryl methyl sites for hydroxylation is 1. The van der Waals surface area contributed by atoms with Crippen molar-refractivity contribution in [3.8, 4) is 0 Å². The van der Waals surface area contributed by atoms with Crippen LogP contribution in [-0.2, 0) is 11.2 Å². The quantitative estimate of drug-likeness (QED) is 0.708. The van der Waals surface area contributed by atoms with Crippen molar-refractivity contribution in [3.05, 3.63) is 16.1 Å². The maximum Gasteiger partial charge on any atom is 0.226 e. The molecule has 4 nitrogen and oxygen atoms in total. The second kappa shape index (κ2) is 7.35. The van der Waals surface area contributed by atoms with Crippen LogP contribution >= 0.6 is 11.3 Å². The largest absolute Gasteiger partial charge is 0.396 e. The van der Waals surface area contributed by atoms with Gasteiger partial charge < -0.3 is 10.4 Å². The van der Waals surface area contributed by atoms with Gasteiger partial charge in [0, 0.05) is 24.2 Å². The van der Waals surface area contributed by atoms with Crippen molar-refractivity contribution in [1.82, 2.24) is 10.3 Å². The van der Waals surface area contributed by atoms with Crippen LogP contribution < -0.4 is 5.32 Å². The Hall–Kier alpha value is -0.940. The van der Waals surface area contributed by atoms with Crippen molar-refractivity contribution >= 4 is 17.2 Å². The van der Waals surface area contributed by atoms with Gasteiger partial charge in [0.05, 0.1) is 6.42 Å². The molecule has 1 aromatic heterocycles. The van der Waals surface area contributed by atoms with Crippen molar-refractivity contribution in [2.24, 2.45) is 0 Å². The van der Waals surface area contributed by atoms with Crippen molar-refractivity contribution in [1.29, 1.82) is 0 Å². The average Bonchev–Trinajstić information content (AvgIpc) is 2.63. The Kier molecular flexibility index (Phi) is 6.03. The minimum Gasteiger partial charge on any atom is -0.396 e. The summed E-state index contributed by atoms with van der Waals surface area (Å²) in [5.41, 5.74) is 0.968. The average molecular weight is 242 g/mol. The van der Waals surface area contributed by atoms with E-state index in [2.05, 4.69) is 10.3 Å². The highest BCUT2D eigenvalue weighted by atomic mass is 32.1. The minimum atomic E-state index is 0.0262. The molecule has 0 atom stereocenters. The number of hydrogen-bond acceptors (Lipinski definition) is 4. The van der Waals surface area contributed by atoms with Crippen molar-refractivity contribution in [2.45, 2.75) is 32.6 Å². The standard InChI is InChI=1S/C11H18N2O2S/c1-9-8-16-11(13-9)7-10(15)12-5-3-2-4-6-14/h8,14H,2-7H2,1H3,(H,12,15). The van der Waals surface area contributed by atoms with E-state index in [9.17, 15) is 4.79 Å². The van der Waals surface area contributed by atoms with Crippen LogP contribution in [0.1, 0.15) is 30.0 Å². The van der Waals surface area contributed by atoms with Crippen molar-refractivity contribution in [2.75, 3.05) is 13.2 Å². The molecule has 0 aliphatic heterocycles. The molecule has 0 aliphatic rings. The minimum absolute atomic E-state index is 0.0262. The number of amides is 1. The molecule has 2 N–H and O–H groups in total. The van der Waals surface area contributed by atoms with Gasteiger partial charge in [-0.3, -0.25) is 4.79 Å². The Morgan fingerprint density at radius 1 is 1.50 bits per heavy atom. The Labute approximate surface area is 99.7 Å². The summed E-state index contributed by atoms with van der Waals surface area (Å²) < 4.78 is 0. The Bertz CT molecular complexity index is 326. The molecular weight excluding hydrogens is 224 g/mol. The van der Waals surface area contributed by atoms with E-state index in [1.54, 1.807) is 0 Å². The number of rotatable bonds is 7. The molecule has 1 aromatic rings. The lowest BCUT2D eigenvalue weighted by Gasteiger charge is -2.02. The number of hydrogen-bond donors (Lipinski definition) is 2. The fourth-order valence-electron chi connectivity index (χ4n) is 1.33. The third-order valence-corrected chi connectivity index (χ3v) is 3.10. The molecule has 0 fully saturated rings. The second-order valence-corrected chi connectivity index (χ2v) is 4.64. The molecule has 0 radical (unpaired) electrons. The molecule has 16 heavy (non-hydrogen) atoms. The molecule has 0 saturated heterocycles. The third-order valence-electron chi connectivity index (χ3n) is 2.14. The zero-order chi connectivity index (χ0) is 11.8. The summed E-state index contributed by atoms with van der Waals surface area (Å²) in [5.74, 6) is 0.0262. The third kappa shape index (κ3) is 5.23. The van der Waals surface area contributed by atoms with Crippen LogP contribution in [0, 0.1) is 6.92 Å². The van der Waals surface area contributed by atoms with E-state index < -0.39 is 0 Å². The summed E-state index contributed by atoms with van der Waals surface area (Å²) in [4.78, 5) is 15.7. The van der Waals surface area contributed by atoms with Gasteiger partial charge in [-0.2, -0.15) is 0 Å². The maximum absolute atomic E-state index is 11.5. The van der Waals surface area contributed by atoms with E-state index in [0.717, 1.165) is 30.0 Å². The molecule has 0 unspecified atom stereocenters. The molecule has 0 bridgehead atoms. The zero-order valence-corrected chi connectivity index (χ0v) is 10.3. The number of unbranched alkanes of at least 4 members (excludes halogenated alkanes) is 2. The van der Waals surface area contributed by atoms with E-state index in [1.165, 1.54) is 11.3 Å². The van der Waals surface area contributed by atoms with Gasteiger partial charge in [-0.1, -0.05) is 0 Å². The van der Waals surface area contributed by atoms with Gasteiger partial charge in [0.2, 0.25) is 5.91 Å². The Morgan fingerprint density at radius 3 is 2.94 bits per heavy atom. The van der Waals surface area contributed by atoms with E-state index in [-0.39, 0.29) is 12.5 Å². The summed E-state index contributed by atoms with van der Waals surface area (Å²) in [7, 11) is 0. The first-order valence-electron chi connectivity index (χ1n) is 5.51. The summed E-state index contributed by atoms with van der Waals surface area (Å²) in [6, 6.07) is 0. The molecule has 1 heterocycles. The SMILES string of the molecule is Cc1csc(CC(=O)NCCCCCO)n1. The molecule has 0 spiro atoms. The van der Waals surface area contributed by atoms with Crippen LogP contribution in [-0.4, -0.2) is 29.1 Å². The molecule has 1 rings (SSSR count). The highest BCUT2D eigenvalue weighted by Crippen LogP contribution is 2.08. The number of nitrogens with one attached hydrogen (secondary N) is 1. The number of carbonyl (C=O) groups excluding carboxylic acids is 1. The fraction of sp³-hybridized carbons (Fsp3) is 0.636. The number of carbonyl (C=O) groups is 1. The maximum atomic E-state index is 11.5. The first-order chi connectivity index (χ1) is 7.72. The van der Waals surface area contributed by atoms with Crippen LogP contribution in [0.4, 0.5) is 0 Å². The normalized spacial score (nSPS) is 10.4. The van der Waals surface area contributed by atoms with E-state index >= 15 is 0 Å². The van der Waals surface area contributed by atoms with Gasteiger partial charge in [-0.05, 0) is 26.2 Å². The topological polar surface area (TPSA) is 62.2 Å². The summed E-state index contributed by atoms with van der Waals surface area (Å²) >= 11 is 1.52. The van der Waals surface area contributed by atoms with Crippen LogP contribution in [0.3, 0.4) is 0 Å². The molecule has 5 heteroatoms. The van der Waals surface area contributed by atoms with Gasteiger partial charge in [0.25, 0.3) is 0 Å². The zero-order valence-electron chi connectivity index (χ0n) is 9.53. The lowest BCUT2D eigenvalue weighted by Crippen LogP contribution is -2.26. The molecule has 1 amide bonds. The van der Waals surface area contributed by atoms with Crippen LogP contribution in [0.25, 0.3) is 0 Å². The van der Waals surface area contributed by atoms with Crippen molar-refractivity contribution < 1.29 is 9.90 Å². The summed E-state index contributed by atoms with van der Waals surface area (Å²) in [6.07, 6.45) is 3.05. The Morgan fingerprint density at radius 2 is 2.31 bits per heavy atom. The lowest BCUT2D eigenvalue weighted by molar-refractivity contribution is -0.120. The molecular formula is C11H18N2O2S. The van der Waals surface area contributed by atoms with Crippen LogP contribution in [0.5, 0.6) is 0 Å². The van der Waals surface area contributed by atoms with Gasteiger partial charge in [-0.15, -0.1) is 11.3 Å². The summed E-state index contributed by atoms with van der Waals surface area (Å²) in [5, 5.41) is 14.2. The highest BCUT2D eigenvalue weighted by molar-refractivity contribution is 7.09. The molecule has 90 valence electrons. The van der Waals surface area contributed by atoms with E-state index in [1.807, 2.05) is 12.3 Å². The van der Waals surface area contributed by atoms with Crippen LogP contribution in [0.2, 0.25) is 0 Å². The second-order valence-electron chi connectivity index (χ2n) is 3.69.